The third-order valence-corrected chi connectivity index (χ3v) is 3.58. The van der Waals surface area contributed by atoms with Gasteiger partial charge in [0.15, 0.2) is 0 Å². The van der Waals surface area contributed by atoms with Crippen molar-refractivity contribution in [3.63, 3.8) is 0 Å². The average molecular weight is 277 g/mol. The van der Waals surface area contributed by atoms with Gasteiger partial charge in [0.2, 0.25) is 0 Å². The molecule has 5 heteroatoms. The smallest absolute Gasteiger partial charge is 0.409 e. The van der Waals surface area contributed by atoms with Crippen molar-refractivity contribution in [2.45, 2.75) is 13.0 Å². The van der Waals surface area contributed by atoms with Gasteiger partial charge in [-0.2, -0.15) is 0 Å². The van der Waals surface area contributed by atoms with E-state index in [1.165, 1.54) is 0 Å². The van der Waals surface area contributed by atoms with Crippen LogP contribution in [0.15, 0.2) is 30.3 Å². The molecule has 1 saturated heterocycles. The highest BCUT2D eigenvalue weighted by atomic mass is 16.6. The molecule has 2 N–H and O–H groups in total. The molecule has 1 fully saturated rings. The molecule has 1 aromatic rings. The highest BCUT2D eigenvalue weighted by Gasteiger charge is 2.23. The van der Waals surface area contributed by atoms with E-state index in [-0.39, 0.29) is 12.1 Å². The SMILES string of the molecule is CCOC(=O)N1CCN(CC(N)c2ccccc2)CC1. The molecule has 1 heterocycles. The molecule has 0 saturated carbocycles. The molecule has 1 unspecified atom stereocenters. The molecule has 2 rings (SSSR count). The second-order valence-electron chi connectivity index (χ2n) is 5.00. The number of rotatable bonds is 4. The van der Waals surface area contributed by atoms with E-state index in [1.807, 2.05) is 25.1 Å². The Kier molecular flexibility index (Phi) is 5.38. The van der Waals surface area contributed by atoms with Crippen molar-refractivity contribution in [1.29, 1.82) is 0 Å². The van der Waals surface area contributed by atoms with Gasteiger partial charge >= 0.3 is 6.09 Å². The number of carbonyl (C=O) groups excluding carboxylic acids is 1. The van der Waals surface area contributed by atoms with Crippen LogP contribution < -0.4 is 5.73 Å². The highest BCUT2D eigenvalue weighted by Crippen LogP contribution is 2.13. The quantitative estimate of drug-likeness (QED) is 0.905. The third-order valence-electron chi connectivity index (χ3n) is 3.58. The summed E-state index contributed by atoms with van der Waals surface area (Å²) < 4.78 is 5.01. The Labute approximate surface area is 120 Å². The van der Waals surface area contributed by atoms with Crippen molar-refractivity contribution in [2.75, 3.05) is 39.3 Å². The molecule has 0 radical (unpaired) electrons. The Bertz CT molecular complexity index is 416. The van der Waals surface area contributed by atoms with E-state index in [9.17, 15) is 4.79 Å². The summed E-state index contributed by atoms with van der Waals surface area (Å²) in [4.78, 5) is 15.7. The monoisotopic (exact) mass is 277 g/mol. The maximum atomic E-state index is 11.6. The molecule has 1 aliphatic rings. The summed E-state index contributed by atoms with van der Waals surface area (Å²) in [7, 11) is 0. The first-order valence-electron chi connectivity index (χ1n) is 7.15. The van der Waals surface area contributed by atoms with Gasteiger partial charge < -0.3 is 15.4 Å². The first kappa shape index (κ1) is 14.8. The molecule has 0 aliphatic carbocycles. The number of nitrogens with zero attached hydrogens (tertiary/aromatic N) is 2. The van der Waals surface area contributed by atoms with E-state index in [4.69, 9.17) is 10.5 Å². The molecule has 20 heavy (non-hydrogen) atoms. The van der Waals surface area contributed by atoms with Gasteiger partial charge in [0, 0.05) is 38.8 Å². The molecule has 0 bridgehead atoms. The maximum Gasteiger partial charge on any atom is 0.409 e. The minimum Gasteiger partial charge on any atom is -0.450 e. The fraction of sp³-hybridized carbons (Fsp3) is 0.533. The van der Waals surface area contributed by atoms with Crippen molar-refractivity contribution in [3.05, 3.63) is 35.9 Å². The van der Waals surface area contributed by atoms with Crippen molar-refractivity contribution in [2.24, 2.45) is 5.73 Å². The second kappa shape index (κ2) is 7.26. The van der Waals surface area contributed by atoms with Gasteiger partial charge in [-0.3, -0.25) is 4.90 Å². The number of hydrogen-bond acceptors (Lipinski definition) is 4. The molecule has 1 atom stereocenters. The fourth-order valence-electron chi connectivity index (χ4n) is 2.41. The zero-order valence-electron chi connectivity index (χ0n) is 12.0. The molecule has 5 nitrogen and oxygen atoms in total. The molecular formula is C15H23N3O2. The first-order chi connectivity index (χ1) is 9.70. The minimum absolute atomic E-state index is 0.0188. The van der Waals surface area contributed by atoms with E-state index in [1.54, 1.807) is 4.90 Å². The van der Waals surface area contributed by atoms with E-state index >= 15 is 0 Å². The van der Waals surface area contributed by atoms with E-state index in [0.717, 1.165) is 25.2 Å². The van der Waals surface area contributed by atoms with Crippen molar-refractivity contribution in [3.8, 4) is 0 Å². The van der Waals surface area contributed by atoms with Crippen LogP contribution in [-0.2, 0) is 4.74 Å². The lowest BCUT2D eigenvalue weighted by atomic mass is 10.1. The zero-order valence-corrected chi connectivity index (χ0v) is 12.0. The standard InChI is InChI=1S/C15H23N3O2/c1-2-20-15(19)18-10-8-17(9-11-18)12-14(16)13-6-4-3-5-7-13/h3-7,14H,2,8-12,16H2,1H3. The highest BCUT2D eigenvalue weighted by molar-refractivity contribution is 5.67. The lowest BCUT2D eigenvalue weighted by Gasteiger charge is -2.35. The van der Waals surface area contributed by atoms with Crippen LogP contribution in [-0.4, -0.2) is 55.2 Å². The van der Waals surface area contributed by atoms with Gasteiger partial charge in [0.1, 0.15) is 0 Å². The number of amides is 1. The third kappa shape index (κ3) is 3.95. The number of piperazine rings is 1. The Hall–Kier alpha value is -1.59. The zero-order chi connectivity index (χ0) is 14.4. The molecule has 1 amide bonds. The Morgan fingerprint density at radius 3 is 2.50 bits per heavy atom. The Morgan fingerprint density at radius 2 is 1.90 bits per heavy atom. The molecule has 1 aliphatic heterocycles. The molecular weight excluding hydrogens is 254 g/mol. The van der Waals surface area contributed by atoms with Crippen LogP contribution in [0.5, 0.6) is 0 Å². The van der Waals surface area contributed by atoms with Crippen molar-refractivity contribution >= 4 is 6.09 Å². The summed E-state index contributed by atoms with van der Waals surface area (Å²) in [5.74, 6) is 0. The van der Waals surface area contributed by atoms with Crippen molar-refractivity contribution in [1.82, 2.24) is 9.80 Å². The Morgan fingerprint density at radius 1 is 1.25 bits per heavy atom. The second-order valence-corrected chi connectivity index (χ2v) is 5.00. The number of ether oxygens (including phenoxy) is 1. The normalized spacial score (nSPS) is 17.8. The summed E-state index contributed by atoms with van der Waals surface area (Å²) in [5, 5.41) is 0. The fourth-order valence-corrected chi connectivity index (χ4v) is 2.41. The number of hydrogen-bond donors (Lipinski definition) is 1. The van der Waals surface area contributed by atoms with Gasteiger partial charge in [-0.15, -0.1) is 0 Å². The van der Waals surface area contributed by atoms with Crippen LogP contribution in [0.2, 0.25) is 0 Å². The van der Waals surface area contributed by atoms with Crippen LogP contribution in [0.1, 0.15) is 18.5 Å². The minimum atomic E-state index is -0.209. The van der Waals surface area contributed by atoms with Crippen LogP contribution >= 0.6 is 0 Å². The van der Waals surface area contributed by atoms with E-state index in [2.05, 4.69) is 17.0 Å². The first-order valence-corrected chi connectivity index (χ1v) is 7.15. The van der Waals surface area contributed by atoms with Crippen LogP contribution in [0.3, 0.4) is 0 Å². The lowest BCUT2D eigenvalue weighted by Crippen LogP contribution is -2.50. The van der Waals surface area contributed by atoms with Crippen LogP contribution in [0.25, 0.3) is 0 Å². The molecule has 0 spiro atoms. The predicted molar refractivity (Wildman–Crippen MR) is 78.4 cm³/mol. The number of nitrogens with two attached hydrogens (primary N) is 1. The summed E-state index contributed by atoms with van der Waals surface area (Å²) in [6.45, 7) is 6.19. The Balaban J connectivity index is 1.78. The summed E-state index contributed by atoms with van der Waals surface area (Å²) in [6.07, 6.45) is -0.209. The maximum absolute atomic E-state index is 11.6. The largest absolute Gasteiger partial charge is 0.450 e. The van der Waals surface area contributed by atoms with Gasteiger partial charge in [-0.1, -0.05) is 30.3 Å². The van der Waals surface area contributed by atoms with Gasteiger partial charge in [-0.25, -0.2) is 4.79 Å². The predicted octanol–water partition coefficient (Wildman–Crippen LogP) is 1.46. The van der Waals surface area contributed by atoms with Crippen LogP contribution in [0, 0.1) is 0 Å². The van der Waals surface area contributed by atoms with Crippen LogP contribution in [0.4, 0.5) is 4.79 Å². The van der Waals surface area contributed by atoms with E-state index < -0.39 is 0 Å². The summed E-state index contributed by atoms with van der Waals surface area (Å²) in [6, 6.07) is 10.1. The van der Waals surface area contributed by atoms with Gasteiger partial charge in [0.25, 0.3) is 0 Å². The van der Waals surface area contributed by atoms with Gasteiger partial charge in [0.05, 0.1) is 6.61 Å². The van der Waals surface area contributed by atoms with Gasteiger partial charge in [-0.05, 0) is 12.5 Å². The molecule has 110 valence electrons. The number of carbonyl (C=O) groups is 1. The molecule has 0 aromatic heterocycles. The molecule has 1 aromatic carbocycles. The van der Waals surface area contributed by atoms with E-state index in [0.29, 0.717) is 19.7 Å². The van der Waals surface area contributed by atoms with Crippen molar-refractivity contribution < 1.29 is 9.53 Å². The number of benzene rings is 1. The lowest BCUT2D eigenvalue weighted by molar-refractivity contribution is 0.0781. The summed E-state index contributed by atoms with van der Waals surface area (Å²) in [5.41, 5.74) is 7.37. The summed E-state index contributed by atoms with van der Waals surface area (Å²) >= 11 is 0. The average Bonchev–Trinajstić information content (AvgIpc) is 2.49. The topological polar surface area (TPSA) is 58.8 Å².